The highest BCUT2D eigenvalue weighted by Crippen LogP contribution is 2.30. The lowest BCUT2D eigenvalue weighted by Gasteiger charge is -2.31. The van der Waals surface area contributed by atoms with Crippen LogP contribution in [0.3, 0.4) is 0 Å². The zero-order valence-electron chi connectivity index (χ0n) is 10.5. The average Bonchev–Trinajstić information content (AvgIpc) is 2.28. The predicted molar refractivity (Wildman–Crippen MR) is 64.5 cm³/mol. The minimum absolute atomic E-state index is 0.0786. The molecule has 1 aromatic heterocycles. The van der Waals surface area contributed by atoms with Crippen LogP contribution in [0.25, 0.3) is 0 Å². The Morgan fingerprint density at radius 1 is 1.18 bits per heavy atom. The van der Waals surface area contributed by atoms with Crippen molar-refractivity contribution in [3.63, 3.8) is 0 Å². The molecule has 2 unspecified atom stereocenters. The lowest BCUT2D eigenvalue weighted by atomic mass is 9.82. The molecule has 1 fully saturated rings. The quantitative estimate of drug-likeness (QED) is 0.874. The molecule has 94 valence electrons. The summed E-state index contributed by atoms with van der Waals surface area (Å²) in [6.07, 6.45) is 6.87. The van der Waals surface area contributed by atoms with E-state index in [4.69, 9.17) is 9.84 Å². The molecule has 4 heteroatoms. The van der Waals surface area contributed by atoms with Crippen molar-refractivity contribution in [1.82, 2.24) is 9.97 Å². The number of rotatable bonds is 3. The molecule has 0 radical (unpaired) electrons. The van der Waals surface area contributed by atoms with E-state index in [1.807, 2.05) is 0 Å². The largest absolute Gasteiger partial charge is 0.473 e. The third-order valence-corrected chi connectivity index (χ3v) is 3.27. The van der Waals surface area contributed by atoms with Crippen molar-refractivity contribution in [2.45, 2.75) is 45.8 Å². The fourth-order valence-corrected chi connectivity index (χ4v) is 2.63. The molecule has 0 spiro atoms. The lowest BCUT2D eigenvalue weighted by Crippen LogP contribution is -2.28. The third-order valence-electron chi connectivity index (χ3n) is 3.27. The van der Waals surface area contributed by atoms with Crippen LogP contribution in [0.1, 0.15) is 38.8 Å². The molecule has 1 aliphatic rings. The van der Waals surface area contributed by atoms with Gasteiger partial charge in [0, 0.05) is 0 Å². The molecule has 1 saturated carbocycles. The maximum Gasteiger partial charge on any atom is 0.232 e. The Balaban J connectivity index is 1.95. The smallest absolute Gasteiger partial charge is 0.232 e. The van der Waals surface area contributed by atoms with Crippen LogP contribution in [0.5, 0.6) is 5.88 Å². The molecule has 0 bridgehead atoms. The summed E-state index contributed by atoms with van der Waals surface area (Å²) >= 11 is 0. The van der Waals surface area contributed by atoms with E-state index < -0.39 is 0 Å². The summed E-state index contributed by atoms with van der Waals surface area (Å²) in [5.74, 6) is 2.00. The SMILES string of the molecule is CC1CC(C)CC(Oc2cnc(CO)cn2)C1. The predicted octanol–water partition coefficient (Wildman–Crippen LogP) is 2.17. The van der Waals surface area contributed by atoms with Crippen LogP contribution in [-0.4, -0.2) is 21.2 Å². The molecule has 2 rings (SSSR count). The molecule has 17 heavy (non-hydrogen) atoms. The molecule has 0 amide bonds. The molecule has 1 aliphatic carbocycles. The number of hydrogen-bond donors (Lipinski definition) is 1. The third kappa shape index (κ3) is 3.40. The van der Waals surface area contributed by atoms with Crippen LogP contribution < -0.4 is 4.74 Å². The van der Waals surface area contributed by atoms with E-state index in [9.17, 15) is 0 Å². The van der Waals surface area contributed by atoms with Crippen LogP contribution in [0.2, 0.25) is 0 Å². The van der Waals surface area contributed by atoms with Gasteiger partial charge in [-0.05, 0) is 31.1 Å². The minimum atomic E-state index is -0.0786. The van der Waals surface area contributed by atoms with Crippen molar-refractivity contribution in [2.24, 2.45) is 11.8 Å². The average molecular weight is 236 g/mol. The van der Waals surface area contributed by atoms with Gasteiger partial charge in [-0.3, -0.25) is 4.98 Å². The van der Waals surface area contributed by atoms with E-state index in [1.165, 1.54) is 6.42 Å². The first-order valence-corrected chi connectivity index (χ1v) is 6.25. The second-order valence-corrected chi connectivity index (χ2v) is 5.16. The molecule has 2 atom stereocenters. The first-order chi connectivity index (χ1) is 8.17. The van der Waals surface area contributed by atoms with Crippen LogP contribution in [-0.2, 0) is 6.61 Å². The second-order valence-electron chi connectivity index (χ2n) is 5.16. The number of aliphatic hydroxyl groups is 1. The van der Waals surface area contributed by atoms with Gasteiger partial charge < -0.3 is 9.84 Å². The molecule has 4 nitrogen and oxygen atoms in total. The fourth-order valence-electron chi connectivity index (χ4n) is 2.63. The molecule has 1 heterocycles. The molecule has 0 saturated heterocycles. The first kappa shape index (κ1) is 12.3. The Kier molecular flexibility index (Phi) is 3.94. The molecule has 0 aromatic carbocycles. The van der Waals surface area contributed by atoms with E-state index in [2.05, 4.69) is 23.8 Å². The molecule has 1 aromatic rings. The molecule has 0 aliphatic heterocycles. The zero-order chi connectivity index (χ0) is 12.3. The normalized spacial score (nSPS) is 29.0. The Morgan fingerprint density at radius 2 is 1.88 bits per heavy atom. The minimum Gasteiger partial charge on any atom is -0.473 e. The maximum absolute atomic E-state index is 8.88. The van der Waals surface area contributed by atoms with Crippen molar-refractivity contribution in [2.75, 3.05) is 0 Å². The highest BCUT2D eigenvalue weighted by Gasteiger charge is 2.25. The summed E-state index contributed by atoms with van der Waals surface area (Å²) in [6, 6.07) is 0. The number of aliphatic hydroxyl groups excluding tert-OH is 1. The van der Waals surface area contributed by atoms with Crippen molar-refractivity contribution < 1.29 is 9.84 Å². The van der Waals surface area contributed by atoms with Gasteiger partial charge >= 0.3 is 0 Å². The van der Waals surface area contributed by atoms with Crippen molar-refractivity contribution in [3.8, 4) is 5.88 Å². The number of aromatic nitrogens is 2. The van der Waals surface area contributed by atoms with Crippen molar-refractivity contribution >= 4 is 0 Å². The monoisotopic (exact) mass is 236 g/mol. The molecular weight excluding hydrogens is 216 g/mol. The molecule has 1 N–H and O–H groups in total. The maximum atomic E-state index is 8.88. The number of nitrogens with zero attached hydrogens (tertiary/aromatic N) is 2. The highest BCUT2D eigenvalue weighted by atomic mass is 16.5. The number of ether oxygens (including phenoxy) is 1. The van der Waals surface area contributed by atoms with Gasteiger partial charge in [-0.2, -0.15) is 0 Å². The summed E-state index contributed by atoms with van der Waals surface area (Å²) in [5.41, 5.74) is 0.572. The van der Waals surface area contributed by atoms with Gasteiger partial charge in [-0.25, -0.2) is 4.98 Å². The Hall–Kier alpha value is -1.16. The van der Waals surface area contributed by atoms with Gasteiger partial charge in [0.15, 0.2) is 0 Å². The van der Waals surface area contributed by atoms with Crippen LogP contribution in [0.4, 0.5) is 0 Å². The van der Waals surface area contributed by atoms with E-state index in [-0.39, 0.29) is 12.7 Å². The van der Waals surface area contributed by atoms with E-state index >= 15 is 0 Å². The second kappa shape index (κ2) is 5.45. The van der Waals surface area contributed by atoms with Gasteiger partial charge in [0.25, 0.3) is 0 Å². The van der Waals surface area contributed by atoms with Crippen molar-refractivity contribution in [3.05, 3.63) is 18.1 Å². The summed E-state index contributed by atoms with van der Waals surface area (Å²) in [4.78, 5) is 8.21. The van der Waals surface area contributed by atoms with Gasteiger partial charge in [-0.15, -0.1) is 0 Å². The molecular formula is C13H20N2O2. The first-order valence-electron chi connectivity index (χ1n) is 6.25. The summed E-state index contributed by atoms with van der Waals surface area (Å²) in [5, 5.41) is 8.88. The van der Waals surface area contributed by atoms with Gasteiger partial charge in [0.2, 0.25) is 5.88 Å². The lowest BCUT2D eigenvalue weighted by molar-refractivity contribution is 0.0961. The summed E-state index contributed by atoms with van der Waals surface area (Å²) < 4.78 is 5.84. The summed E-state index contributed by atoms with van der Waals surface area (Å²) in [6.45, 7) is 4.46. The van der Waals surface area contributed by atoms with Crippen molar-refractivity contribution in [1.29, 1.82) is 0 Å². The van der Waals surface area contributed by atoms with Crippen LogP contribution >= 0.6 is 0 Å². The topological polar surface area (TPSA) is 55.2 Å². The fraction of sp³-hybridized carbons (Fsp3) is 0.692. The van der Waals surface area contributed by atoms with E-state index in [0.29, 0.717) is 23.4 Å². The van der Waals surface area contributed by atoms with E-state index in [1.54, 1.807) is 12.4 Å². The zero-order valence-corrected chi connectivity index (χ0v) is 10.5. The van der Waals surface area contributed by atoms with Gasteiger partial charge in [-0.1, -0.05) is 13.8 Å². The Bertz CT molecular complexity index is 343. The summed E-state index contributed by atoms with van der Waals surface area (Å²) in [7, 11) is 0. The highest BCUT2D eigenvalue weighted by molar-refractivity contribution is 5.07. The Labute approximate surface area is 102 Å². The van der Waals surface area contributed by atoms with Gasteiger partial charge in [0.1, 0.15) is 6.10 Å². The Morgan fingerprint density at radius 3 is 2.41 bits per heavy atom. The van der Waals surface area contributed by atoms with Crippen LogP contribution in [0.15, 0.2) is 12.4 Å². The van der Waals surface area contributed by atoms with Gasteiger partial charge in [0.05, 0.1) is 24.7 Å². The number of hydrogen-bond acceptors (Lipinski definition) is 4. The standard InChI is InChI=1S/C13H20N2O2/c1-9-3-10(2)5-12(4-9)17-13-7-14-11(8-16)6-15-13/h6-7,9-10,12,16H,3-5,8H2,1-2H3. The van der Waals surface area contributed by atoms with E-state index in [0.717, 1.165) is 12.8 Å². The van der Waals surface area contributed by atoms with Crippen LogP contribution in [0, 0.1) is 11.8 Å².